The highest BCUT2D eigenvalue weighted by atomic mass is 79.9. The maximum Gasteiger partial charge on any atom is 0.241 e. The highest BCUT2D eigenvalue weighted by Gasteiger charge is 2.21. The van der Waals surface area contributed by atoms with Gasteiger partial charge < -0.3 is 0 Å². The molecular weight excluding hydrogens is 462 g/mol. The molecule has 7 heteroatoms. The number of rotatable bonds is 5. The van der Waals surface area contributed by atoms with Crippen LogP contribution in [0, 0.1) is 6.92 Å². The molecule has 0 aliphatic rings. The van der Waals surface area contributed by atoms with E-state index in [2.05, 4.69) is 52.5 Å². The van der Waals surface area contributed by atoms with Gasteiger partial charge in [-0.05, 0) is 53.9 Å². The molecule has 0 aromatic heterocycles. The SMILES string of the molecule is Cc1cc(Br)c(S(=O)(=O)NC(C)CC(C)Br)cc1Br. The summed E-state index contributed by atoms with van der Waals surface area (Å²) in [6.07, 6.45) is 0.726. The Kier molecular flexibility index (Phi) is 6.51. The van der Waals surface area contributed by atoms with Gasteiger partial charge in [0.1, 0.15) is 0 Å². The van der Waals surface area contributed by atoms with Crippen LogP contribution in [0.1, 0.15) is 25.8 Å². The van der Waals surface area contributed by atoms with E-state index in [1.165, 1.54) is 0 Å². The first-order valence-corrected chi connectivity index (χ1v) is 9.74. The second-order valence-electron chi connectivity index (χ2n) is 4.57. The van der Waals surface area contributed by atoms with Gasteiger partial charge in [0.25, 0.3) is 0 Å². The smallest absolute Gasteiger partial charge is 0.208 e. The Hall–Kier alpha value is 0.570. The molecule has 1 rings (SSSR count). The highest BCUT2D eigenvalue weighted by Crippen LogP contribution is 2.29. The van der Waals surface area contributed by atoms with Crippen LogP contribution in [0.15, 0.2) is 26.0 Å². The van der Waals surface area contributed by atoms with Gasteiger partial charge in [-0.25, -0.2) is 13.1 Å². The van der Waals surface area contributed by atoms with Crippen LogP contribution >= 0.6 is 47.8 Å². The summed E-state index contributed by atoms with van der Waals surface area (Å²) in [5.74, 6) is 0. The molecule has 1 N–H and O–H groups in total. The van der Waals surface area contributed by atoms with E-state index in [1.807, 2.05) is 20.8 Å². The van der Waals surface area contributed by atoms with Crippen molar-refractivity contribution in [1.29, 1.82) is 0 Å². The van der Waals surface area contributed by atoms with Crippen molar-refractivity contribution in [3.05, 3.63) is 26.6 Å². The molecule has 19 heavy (non-hydrogen) atoms. The van der Waals surface area contributed by atoms with Gasteiger partial charge in [-0.1, -0.05) is 38.8 Å². The van der Waals surface area contributed by atoms with Gasteiger partial charge in [0, 0.05) is 19.8 Å². The van der Waals surface area contributed by atoms with Crippen LogP contribution < -0.4 is 4.72 Å². The highest BCUT2D eigenvalue weighted by molar-refractivity contribution is 9.11. The van der Waals surface area contributed by atoms with Gasteiger partial charge >= 0.3 is 0 Å². The molecule has 1 aromatic carbocycles. The predicted molar refractivity (Wildman–Crippen MR) is 89.4 cm³/mol. The number of hydrogen-bond donors (Lipinski definition) is 1. The second kappa shape index (κ2) is 7.02. The maximum absolute atomic E-state index is 12.3. The molecule has 0 radical (unpaired) electrons. The predicted octanol–water partition coefficient (Wildman–Crippen LogP) is 4.36. The Balaban J connectivity index is 3.04. The van der Waals surface area contributed by atoms with Crippen LogP contribution in [0.5, 0.6) is 0 Å². The molecule has 0 bridgehead atoms. The van der Waals surface area contributed by atoms with Crippen LogP contribution in [-0.4, -0.2) is 19.3 Å². The summed E-state index contributed by atoms with van der Waals surface area (Å²) in [6, 6.07) is 3.27. The fourth-order valence-electron chi connectivity index (χ4n) is 1.70. The number of aryl methyl sites for hydroxylation is 1. The topological polar surface area (TPSA) is 46.2 Å². The molecular formula is C12H16Br3NO2S. The van der Waals surface area contributed by atoms with E-state index in [9.17, 15) is 8.42 Å². The lowest BCUT2D eigenvalue weighted by atomic mass is 10.2. The van der Waals surface area contributed by atoms with Gasteiger partial charge in [-0.15, -0.1) is 0 Å². The minimum Gasteiger partial charge on any atom is -0.208 e. The maximum atomic E-state index is 12.3. The molecule has 2 atom stereocenters. The van der Waals surface area contributed by atoms with Gasteiger partial charge in [0.2, 0.25) is 10.0 Å². The number of sulfonamides is 1. The van der Waals surface area contributed by atoms with Gasteiger partial charge in [0.15, 0.2) is 0 Å². The lowest BCUT2D eigenvalue weighted by molar-refractivity contribution is 0.547. The van der Waals surface area contributed by atoms with Crippen LogP contribution in [0.3, 0.4) is 0 Å². The van der Waals surface area contributed by atoms with Crippen LogP contribution in [-0.2, 0) is 10.0 Å². The zero-order chi connectivity index (χ0) is 14.8. The first kappa shape index (κ1) is 17.6. The van der Waals surface area contributed by atoms with E-state index in [4.69, 9.17) is 0 Å². The third kappa shape index (κ3) is 5.12. The monoisotopic (exact) mass is 475 g/mol. The van der Waals surface area contributed by atoms with Crippen LogP contribution in [0.25, 0.3) is 0 Å². The average molecular weight is 478 g/mol. The fraction of sp³-hybridized carbons (Fsp3) is 0.500. The van der Waals surface area contributed by atoms with Crippen molar-refractivity contribution in [3.8, 4) is 0 Å². The Morgan fingerprint density at radius 2 is 1.79 bits per heavy atom. The van der Waals surface area contributed by atoms with E-state index in [0.29, 0.717) is 4.47 Å². The van der Waals surface area contributed by atoms with Crippen LogP contribution in [0.4, 0.5) is 0 Å². The minimum atomic E-state index is -3.52. The number of hydrogen-bond acceptors (Lipinski definition) is 2. The number of benzene rings is 1. The van der Waals surface area contributed by atoms with Crippen molar-refractivity contribution >= 4 is 57.8 Å². The van der Waals surface area contributed by atoms with Crippen molar-refractivity contribution < 1.29 is 8.42 Å². The Labute approximate surface area is 140 Å². The molecule has 0 saturated carbocycles. The standard InChI is InChI=1S/C12H16Br3NO2S/c1-7-4-11(15)12(6-10(7)14)19(17,18)16-9(3)5-8(2)13/h4,6,8-9,16H,5H2,1-3H3. The molecule has 0 amide bonds. The first-order chi connectivity index (χ1) is 8.63. The number of alkyl halides is 1. The average Bonchev–Trinajstić information content (AvgIpc) is 2.20. The summed E-state index contributed by atoms with van der Waals surface area (Å²) in [4.78, 5) is 0.512. The first-order valence-electron chi connectivity index (χ1n) is 5.75. The quantitative estimate of drug-likeness (QED) is 0.640. The van der Waals surface area contributed by atoms with E-state index in [1.54, 1.807) is 12.1 Å². The van der Waals surface area contributed by atoms with Gasteiger partial charge in [-0.2, -0.15) is 0 Å². The summed E-state index contributed by atoms with van der Waals surface area (Å²) in [5, 5.41) is 0. The van der Waals surface area contributed by atoms with E-state index in [0.717, 1.165) is 16.5 Å². The fourth-order valence-corrected chi connectivity index (χ4v) is 5.19. The zero-order valence-corrected chi connectivity index (χ0v) is 16.4. The van der Waals surface area contributed by atoms with Gasteiger partial charge in [0.05, 0.1) is 4.90 Å². The van der Waals surface area contributed by atoms with Crippen molar-refractivity contribution in [2.45, 2.75) is 43.0 Å². The summed E-state index contributed by atoms with van der Waals surface area (Å²) in [6.45, 7) is 5.75. The molecule has 3 nitrogen and oxygen atoms in total. The van der Waals surface area contributed by atoms with Crippen LogP contribution in [0.2, 0.25) is 0 Å². The molecule has 0 fully saturated rings. The Morgan fingerprint density at radius 1 is 1.21 bits per heavy atom. The number of halogens is 3. The largest absolute Gasteiger partial charge is 0.241 e. The Bertz CT molecular complexity index is 558. The van der Waals surface area contributed by atoms with E-state index < -0.39 is 10.0 Å². The molecule has 0 saturated heterocycles. The van der Waals surface area contributed by atoms with Crippen molar-refractivity contribution in [2.75, 3.05) is 0 Å². The summed E-state index contributed by atoms with van der Waals surface area (Å²) in [5.41, 5.74) is 0.980. The molecule has 0 heterocycles. The molecule has 1 aromatic rings. The third-order valence-corrected chi connectivity index (χ3v) is 6.31. The van der Waals surface area contributed by atoms with Crippen molar-refractivity contribution in [3.63, 3.8) is 0 Å². The van der Waals surface area contributed by atoms with E-state index >= 15 is 0 Å². The van der Waals surface area contributed by atoms with Crippen molar-refractivity contribution in [2.24, 2.45) is 0 Å². The lowest BCUT2D eigenvalue weighted by Crippen LogP contribution is -2.34. The molecule has 108 valence electrons. The third-order valence-electron chi connectivity index (χ3n) is 2.54. The van der Waals surface area contributed by atoms with Crippen molar-refractivity contribution in [1.82, 2.24) is 4.72 Å². The zero-order valence-electron chi connectivity index (χ0n) is 10.9. The Morgan fingerprint density at radius 3 is 2.32 bits per heavy atom. The molecule has 0 aliphatic heterocycles. The summed E-state index contributed by atoms with van der Waals surface area (Å²) >= 11 is 10.1. The molecule has 0 aliphatic carbocycles. The minimum absolute atomic E-state index is 0.133. The van der Waals surface area contributed by atoms with Gasteiger partial charge in [-0.3, -0.25) is 0 Å². The second-order valence-corrected chi connectivity index (χ2v) is 9.52. The normalized spacial score (nSPS) is 15.3. The summed E-state index contributed by atoms with van der Waals surface area (Å²) in [7, 11) is -3.52. The number of nitrogens with one attached hydrogen (secondary N) is 1. The molecule has 2 unspecified atom stereocenters. The lowest BCUT2D eigenvalue weighted by Gasteiger charge is -2.16. The van der Waals surface area contributed by atoms with E-state index in [-0.39, 0.29) is 15.8 Å². The summed E-state index contributed by atoms with van der Waals surface area (Å²) < 4.78 is 28.7. The molecule has 0 spiro atoms.